The Hall–Kier alpha value is -1.15. The Morgan fingerprint density at radius 3 is 2.36 bits per heavy atom. The van der Waals surface area contributed by atoms with Crippen LogP contribution < -0.4 is 15.4 Å². The number of hydrogen-bond donors (Lipinski definition) is 3. The molecule has 0 bridgehead atoms. The third kappa shape index (κ3) is 5.67. The summed E-state index contributed by atoms with van der Waals surface area (Å²) < 4.78 is 27.8. The molecule has 6 nitrogen and oxygen atoms in total. The number of halogens is 1. The van der Waals surface area contributed by atoms with Crippen molar-refractivity contribution < 1.29 is 13.2 Å². The van der Waals surface area contributed by atoms with E-state index >= 15 is 0 Å². The van der Waals surface area contributed by atoms with Gasteiger partial charge in [-0.05, 0) is 64.4 Å². The number of amides is 1. The molecule has 1 saturated heterocycles. The molecule has 2 rings (SSSR count). The molecule has 142 valence electrons. The molecule has 8 heteroatoms. The summed E-state index contributed by atoms with van der Waals surface area (Å²) in [4.78, 5) is 12.5. The lowest BCUT2D eigenvalue weighted by Gasteiger charge is -2.31. The van der Waals surface area contributed by atoms with Crippen LogP contribution in [0.3, 0.4) is 0 Å². The summed E-state index contributed by atoms with van der Waals surface area (Å²) >= 11 is 0. The smallest absolute Gasteiger partial charge is 0.241 e. The van der Waals surface area contributed by atoms with Crippen molar-refractivity contribution in [3.05, 3.63) is 23.8 Å². The molecular weight excluding hydrogens is 362 g/mol. The maximum atomic E-state index is 12.6. The van der Waals surface area contributed by atoms with Crippen LogP contribution in [0, 0.1) is 18.8 Å². The highest BCUT2D eigenvalue weighted by Gasteiger charge is 2.29. The lowest BCUT2D eigenvalue weighted by molar-refractivity contribution is -0.121. The quantitative estimate of drug-likeness (QED) is 0.721. The Kier molecular flexibility index (Phi) is 7.03. The average Bonchev–Trinajstić information content (AvgIpc) is 2.35. The molecular formula is C17H28ClN3O3S. The molecule has 1 aromatic rings. The van der Waals surface area contributed by atoms with Gasteiger partial charge >= 0.3 is 0 Å². The van der Waals surface area contributed by atoms with Crippen LogP contribution in [0.15, 0.2) is 23.1 Å². The Morgan fingerprint density at radius 1 is 1.28 bits per heavy atom. The Labute approximate surface area is 156 Å². The van der Waals surface area contributed by atoms with Crippen molar-refractivity contribution in [3.8, 4) is 0 Å². The largest absolute Gasteiger partial charge is 0.326 e. The summed E-state index contributed by atoms with van der Waals surface area (Å²) in [5.41, 5.74) is 0.566. The summed E-state index contributed by atoms with van der Waals surface area (Å²) in [7, 11) is -3.65. The van der Waals surface area contributed by atoms with E-state index < -0.39 is 15.6 Å². The van der Waals surface area contributed by atoms with Gasteiger partial charge in [-0.15, -0.1) is 12.4 Å². The van der Waals surface area contributed by atoms with E-state index in [1.807, 2.05) is 6.92 Å². The zero-order valence-electron chi connectivity index (χ0n) is 15.3. The number of rotatable bonds is 5. The molecule has 0 spiro atoms. The fraction of sp³-hybridized carbons (Fsp3) is 0.588. The number of sulfonamides is 1. The molecule has 1 aliphatic heterocycles. The molecule has 0 aromatic heterocycles. The SMILES string of the molecule is Cc1ccc(NC(=O)C(C)C2CNC2)cc1S(=O)(=O)NC(C)(C)C.Cl. The number of anilines is 1. The maximum Gasteiger partial charge on any atom is 0.241 e. The Morgan fingerprint density at radius 2 is 1.88 bits per heavy atom. The van der Waals surface area contributed by atoms with Gasteiger partial charge in [0, 0.05) is 17.1 Å². The van der Waals surface area contributed by atoms with Crippen molar-refractivity contribution in [2.45, 2.75) is 45.1 Å². The molecule has 0 radical (unpaired) electrons. The van der Waals surface area contributed by atoms with Gasteiger partial charge in [0.15, 0.2) is 0 Å². The van der Waals surface area contributed by atoms with E-state index in [1.165, 1.54) is 6.07 Å². The van der Waals surface area contributed by atoms with Gasteiger partial charge in [-0.1, -0.05) is 13.0 Å². The fourth-order valence-corrected chi connectivity index (χ4v) is 4.25. The second-order valence-corrected chi connectivity index (χ2v) is 9.18. The van der Waals surface area contributed by atoms with Crippen molar-refractivity contribution in [1.82, 2.24) is 10.0 Å². The van der Waals surface area contributed by atoms with Crippen LogP contribution >= 0.6 is 12.4 Å². The molecule has 0 aliphatic carbocycles. The number of nitrogens with one attached hydrogen (secondary N) is 3. The van der Waals surface area contributed by atoms with Gasteiger partial charge in [-0.3, -0.25) is 4.79 Å². The summed E-state index contributed by atoms with van der Waals surface area (Å²) in [6, 6.07) is 4.96. The van der Waals surface area contributed by atoms with Crippen LogP contribution in [0.4, 0.5) is 5.69 Å². The van der Waals surface area contributed by atoms with Crippen LogP contribution in [-0.2, 0) is 14.8 Å². The highest BCUT2D eigenvalue weighted by atomic mass is 35.5. The fourth-order valence-electron chi connectivity index (χ4n) is 2.56. The van der Waals surface area contributed by atoms with E-state index in [1.54, 1.807) is 39.8 Å². The van der Waals surface area contributed by atoms with E-state index in [4.69, 9.17) is 0 Å². The predicted octanol–water partition coefficient (Wildman–Crippen LogP) is 2.29. The molecule has 25 heavy (non-hydrogen) atoms. The van der Waals surface area contributed by atoms with Gasteiger partial charge in [0.25, 0.3) is 0 Å². The van der Waals surface area contributed by atoms with E-state index in [0.29, 0.717) is 17.2 Å². The third-order valence-corrected chi connectivity index (χ3v) is 6.02. The lowest BCUT2D eigenvalue weighted by Crippen LogP contribution is -2.48. The first kappa shape index (κ1) is 21.9. The van der Waals surface area contributed by atoms with Gasteiger partial charge in [0.1, 0.15) is 0 Å². The molecule has 1 aliphatic rings. The minimum absolute atomic E-state index is 0. The molecule has 1 fully saturated rings. The first-order chi connectivity index (χ1) is 11.0. The van der Waals surface area contributed by atoms with Crippen molar-refractivity contribution in [1.29, 1.82) is 0 Å². The monoisotopic (exact) mass is 389 g/mol. The minimum Gasteiger partial charge on any atom is -0.326 e. The molecule has 1 atom stereocenters. The second-order valence-electron chi connectivity index (χ2n) is 7.53. The Bertz CT molecular complexity index is 725. The first-order valence-corrected chi connectivity index (χ1v) is 9.64. The molecule has 1 unspecified atom stereocenters. The van der Waals surface area contributed by atoms with Crippen LogP contribution in [0.25, 0.3) is 0 Å². The highest BCUT2D eigenvalue weighted by Crippen LogP contribution is 2.23. The van der Waals surface area contributed by atoms with E-state index in [9.17, 15) is 13.2 Å². The second kappa shape index (κ2) is 8.03. The topological polar surface area (TPSA) is 87.3 Å². The van der Waals surface area contributed by atoms with Crippen LogP contribution in [0.5, 0.6) is 0 Å². The zero-order valence-corrected chi connectivity index (χ0v) is 17.0. The Balaban J connectivity index is 0.00000312. The number of aryl methyl sites for hydroxylation is 1. The normalized spacial score (nSPS) is 16.5. The van der Waals surface area contributed by atoms with Gasteiger partial charge in [0.2, 0.25) is 15.9 Å². The van der Waals surface area contributed by atoms with Crippen molar-refractivity contribution >= 4 is 34.0 Å². The van der Waals surface area contributed by atoms with Gasteiger partial charge in [0.05, 0.1) is 4.90 Å². The summed E-state index contributed by atoms with van der Waals surface area (Å²) in [5, 5.41) is 5.99. The highest BCUT2D eigenvalue weighted by molar-refractivity contribution is 7.89. The molecule has 1 heterocycles. The number of benzene rings is 1. The van der Waals surface area contributed by atoms with Gasteiger partial charge in [-0.2, -0.15) is 0 Å². The standard InChI is InChI=1S/C17H27N3O3S.ClH/c1-11-6-7-14(19-16(21)12(2)13-9-18-10-13)8-15(11)24(22,23)20-17(3,4)5;/h6-8,12-13,18,20H,9-10H2,1-5H3,(H,19,21);1H. The number of hydrogen-bond acceptors (Lipinski definition) is 4. The van der Waals surface area contributed by atoms with Gasteiger partial charge < -0.3 is 10.6 Å². The van der Waals surface area contributed by atoms with Crippen molar-refractivity contribution in [2.75, 3.05) is 18.4 Å². The van der Waals surface area contributed by atoms with Gasteiger partial charge in [-0.25, -0.2) is 13.1 Å². The predicted molar refractivity (Wildman–Crippen MR) is 103 cm³/mol. The molecule has 0 saturated carbocycles. The maximum absolute atomic E-state index is 12.6. The van der Waals surface area contributed by atoms with E-state index in [2.05, 4.69) is 15.4 Å². The molecule has 1 amide bonds. The third-order valence-electron chi connectivity index (χ3n) is 4.12. The average molecular weight is 390 g/mol. The molecule has 3 N–H and O–H groups in total. The van der Waals surface area contributed by atoms with Crippen LogP contribution in [0.1, 0.15) is 33.3 Å². The number of carbonyl (C=O) groups is 1. The summed E-state index contributed by atoms with van der Waals surface area (Å²) in [6.07, 6.45) is 0. The van der Waals surface area contributed by atoms with E-state index in [-0.39, 0.29) is 29.1 Å². The lowest BCUT2D eigenvalue weighted by atomic mass is 9.88. The number of carbonyl (C=O) groups excluding carboxylic acids is 1. The summed E-state index contributed by atoms with van der Waals surface area (Å²) in [6.45, 7) is 10.7. The van der Waals surface area contributed by atoms with Crippen molar-refractivity contribution in [3.63, 3.8) is 0 Å². The van der Waals surface area contributed by atoms with E-state index in [0.717, 1.165) is 13.1 Å². The van der Waals surface area contributed by atoms with Crippen LogP contribution in [0.2, 0.25) is 0 Å². The molecule has 1 aromatic carbocycles. The zero-order chi connectivity index (χ0) is 18.1. The van der Waals surface area contributed by atoms with Crippen LogP contribution in [-0.4, -0.2) is 33.0 Å². The summed E-state index contributed by atoms with van der Waals surface area (Å²) in [5.74, 6) is 0.138. The minimum atomic E-state index is -3.65. The first-order valence-electron chi connectivity index (χ1n) is 8.16. The van der Waals surface area contributed by atoms with Crippen molar-refractivity contribution in [2.24, 2.45) is 11.8 Å².